The van der Waals surface area contributed by atoms with Crippen LogP contribution in [0.25, 0.3) is 0 Å². The number of aliphatic imine (C=N–C) groups is 1. The summed E-state index contributed by atoms with van der Waals surface area (Å²) in [6, 6.07) is 8.81. The highest BCUT2D eigenvalue weighted by Crippen LogP contribution is 2.27. The van der Waals surface area contributed by atoms with Crippen molar-refractivity contribution in [2.75, 3.05) is 33.2 Å². The van der Waals surface area contributed by atoms with Crippen molar-refractivity contribution >= 4 is 29.9 Å². The van der Waals surface area contributed by atoms with Gasteiger partial charge in [-0.15, -0.1) is 24.0 Å². The molecule has 25 heavy (non-hydrogen) atoms. The van der Waals surface area contributed by atoms with Gasteiger partial charge in [0.25, 0.3) is 0 Å². The number of nitrogens with one attached hydrogen (secondary N) is 2. The molecule has 1 atom stereocenters. The quantitative estimate of drug-likeness (QED) is 0.405. The number of para-hydroxylation sites is 1. The first-order valence-electron chi connectivity index (χ1n) is 9.22. The summed E-state index contributed by atoms with van der Waals surface area (Å²) in [5.74, 6) is 1.92. The summed E-state index contributed by atoms with van der Waals surface area (Å²) < 4.78 is 5.98. The zero-order valence-corrected chi connectivity index (χ0v) is 17.7. The third-order valence-electron chi connectivity index (χ3n) is 4.90. The minimum atomic E-state index is 0. The van der Waals surface area contributed by atoms with Crippen LogP contribution in [0.5, 0.6) is 5.75 Å². The van der Waals surface area contributed by atoms with Gasteiger partial charge >= 0.3 is 0 Å². The summed E-state index contributed by atoms with van der Waals surface area (Å²) in [6.07, 6.45) is 4.77. The van der Waals surface area contributed by atoms with E-state index in [2.05, 4.69) is 39.6 Å². The largest absolute Gasteiger partial charge is 0.488 e. The van der Waals surface area contributed by atoms with Gasteiger partial charge in [-0.05, 0) is 37.4 Å². The number of ether oxygens (including phenoxy) is 1. The summed E-state index contributed by atoms with van der Waals surface area (Å²) in [5, 5.41) is 7.00. The second kappa shape index (κ2) is 10.2. The fourth-order valence-corrected chi connectivity index (χ4v) is 3.58. The molecule has 0 amide bonds. The molecule has 2 aliphatic heterocycles. The Kier molecular flexibility index (Phi) is 8.29. The lowest BCUT2D eigenvalue weighted by Gasteiger charge is -2.33. The van der Waals surface area contributed by atoms with Crippen molar-refractivity contribution in [3.05, 3.63) is 29.8 Å². The Morgan fingerprint density at radius 2 is 2.04 bits per heavy atom. The maximum Gasteiger partial charge on any atom is 0.191 e. The Morgan fingerprint density at radius 1 is 1.28 bits per heavy atom. The van der Waals surface area contributed by atoms with Gasteiger partial charge in [0.15, 0.2) is 5.96 Å². The monoisotopic (exact) mass is 458 g/mol. The highest BCUT2D eigenvalue weighted by atomic mass is 127. The SMILES string of the molecule is CCCN1CCC(NC(=NC)NCC2Cc3ccccc3O2)CC1.I. The number of nitrogens with zero attached hydrogens (tertiary/aromatic N) is 2. The molecule has 2 heterocycles. The van der Waals surface area contributed by atoms with E-state index in [1.807, 2.05) is 19.2 Å². The molecule has 0 bridgehead atoms. The van der Waals surface area contributed by atoms with E-state index in [1.165, 1.54) is 44.5 Å². The molecule has 0 spiro atoms. The van der Waals surface area contributed by atoms with Crippen LogP contribution in [0.2, 0.25) is 0 Å². The number of piperidine rings is 1. The minimum Gasteiger partial charge on any atom is -0.488 e. The molecule has 3 rings (SSSR count). The van der Waals surface area contributed by atoms with Crippen LogP contribution in [0.15, 0.2) is 29.3 Å². The topological polar surface area (TPSA) is 48.9 Å². The number of guanidine groups is 1. The first kappa shape index (κ1) is 20.3. The van der Waals surface area contributed by atoms with Gasteiger partial charge in [0.1, 0.15) is 11.9 Å². The average molecular weight is 458 g/mol. The lowest BCUT2D eigenvalue weighted by atomic mass is 10.1. The molecule has 5 nitrogen and oxygen atoms in total. The molecule has 1 saturated heterocycles. The normalized spacial score (nSPS) is 21.2. The third-order valence-corrected chi connectivity index (χ3v) is 4.90. The zero-order chi connectivity index (χ0) is 16.8. The molecule has 2 N–H and O–H groups in total. The molecule has 1 aromatic carbocycles. The van der Waals surface area contributed by atoms with Gasteiger partial charge in [0.2, 0.25) is 0 Å². The fraction of sp³-hybridized carbons (Fsp3) is 0.632. The molecular formula is C19H31IN4O. The number of hydrogen-bond acceptors (Lipinski definition) is 3. The molecule has 6 heteroatoms. The van der Waals surface area contributed by atoms with Gasteiger partial charge < -0.3 is 20.3 Å². The predicted octanol–water partition coefficient (Wildman–Crippen LogP) is 2.65. The Bertz CT molecular complexity index is 533. The molecule has 2 aliphatic rings. The highest BCUT2D eigenvalue weighted by molar-refractivity contribution is 14.0. The lowest BCUT2D eigenvalue weighted by molar-refractivity contribution is 0.205. The maximum atomic E-state index is 5.98. The van der Waals surface area contributed by atoms with Crippen molar-refractivity contribution < 1.29 is 4.74 Å². The van der Waals surface area contributed by atoms with Crippen molar-refractivity contribution in [1.29, 1.82) is 0 Å². The first-order valence-corrected chi connectivity index (χ1v) is 9.22. The van der Waals surface area contributed by atoms with Gasteiger partial charge in [-0.1, -0.05) is 25.1 Å². The van der Waals surface area contributed by atoms with E-state index in [0.717, 1.165) is 24.7 Å². The van der Waals surface area contributed by atoms with Crippen molar-refractivity contribution in [2.24, 2.45) is 4.99 Å². The van der Waals surface area contributed by atoms with Crippen LogP contribution in [-0.4, -0.2) is 56.2 Å². The average Bonchev–Trinajstić information content (AvgIpc) is 3.03. The first-order chi connectivity index (χ1) is 11.8. The van der Waals surface area contributed by atoms with Crippen LogP contribution in [0.1, 0.15) is 31.7 Å². The predicted molar refractivity (Wildman–Crippen MR) is 114 cm³/mol. The molecule has 1 fully saturated rings. The smallest absolute Gasteiger partial charge is 0.191 e. The van der Waals surface area contributed by atoms with E-state index in [4.69, 9.17) is 4.74 Å². The fourth-order valence-electron chi connectivity index (χ4n) is 3.58. The molecule has 0 saturated carbocycles. The Labute approximate surface area is 168 Å². The number of benzene rings is 1. The summed E-state index contributed by atoms with van der Waals surface area (Å²) in [5.41, 5.74) is 1.30. The second-order valence-corrected chi connectivity index (χ2v) is 6.77. The van der Waals surface area contributed by atoms with E-state index in [-0.39, 0.29) is 30.1 Å². The van der Waals surface area contributed by atoms with Gasteiger partial charge in [0.05, 0.1) is 6.54 Å². The van der Waals surface area contributed by atoms with Crippen LogP contribution in [0.4, 0.5) is 0 Å². The van der Waals surface area contributed by atoms with Crippen molar-refractivity contribution in [1.82, 2.24) is 15.5 Å². The highest BCUT2D eigenvalue weighted by Gasteiger charge is 2.23. The molecule has 140 valence electrons. The molecular weight excluding hydrogens is 427 g/mol. The molecule has 0 aromatic heterocycles. The number of rotatable bonds is 5. The molecule has 0 aliphatic carbocycles. The Hall–Kier alpha value is -1.02. The number of halogens is 1. The van der Waals surface area contributed by atoms with E-state index >= 15 is 0 Å². The van der Waals surface area contributed by atoms with Crippen LogP contribution in [0.3, 0.4) is 0 Å². The summed E-state index contributed by atoms with van der Waals surface area (Å²) in [6.45, 7) is 6.62. The van der Waals surface area contributed by atoms with E-state index < -0.39 is 0 Å². The Balaban J connectivity index is 0.00000225. The maximum absolute atomic E-state index is 5.98. The van der Waals surface area contributed by atoms with E-state index in [0.29, 0.717) is 6.04 Å². The summed E-state index contributed by atoms with van der Waals surface area (Å²) in [4.78, 5) is 6.93. The van der Waals surface area contributed by atoms with Crippen LogP contribution in [-0.2, 0) is 6.42 Å². The van der Waals surface area contributed by atoms with Gasteiger partial charge in [-0.3, -0.25) is 4.99 Å². The Morgan fingerprint density at radius 3 is 2.72 bits per heavy atom. The number of likely N-dealkylation sites (tertiary alicyclic amines) is 1. The third kappa shape index (κ3) is 5.74. The van der Waals surface area contributed by atoms with Gasteiger partial charge in [-0.2, -0.15) is 0 Å². The van der Waals surface area contributed by atoms with Crippen LogP contribution < -0.4 is 15.4 Å². The zero-order valence-electron chi connectivity index (χ0n) is 15.3. The van der Waals surface area contributed by atoms with Gasteiger partial charge in [-0.25, -0.2) is 0 Å². The molecule has 0 radical (unpaired) electrons. The molecule has 1 aromatic rings. The van der Waals surface area contributed by atoms with Crippen molar-refractivity contribution in [2.45, 2.75) is 44.8 Å². The van der Waals surface area contributed by atoms with Crippen LogP contribution >= 0.6 is 24.0 Å². The van der Waals surface area contributed by atoms with E-state index in [9.17, 15) is 0 Å². The minimum absolute atomic E-state index is 0. The second-order valence-electron chi connectivity index (χ2n) is 6.77. The van der Waals surface area contributed by atoms with Crippen molar-refractivity contribution in [3.8, 4) is 5.75 Å². The van der Waals surface area contributed by atoms with Gasteiger partial charge in [0, 0.05) is 32.6 Å². The van der Waals surface area contributed by atoms with Crippen LogP contribution in [0, 0.1) is 0 Å². The molecule has 1 unspecified atom stereocenters. The van der Waals surface area contributed by atoms with Crippen molar-refractivity contribution in [3.63, 3.8) is 0 Å². The number of fused-ring (bicyclic) bond motifs is 1. The standard InChI is InChI=1S/C19H30N4O.HI/c1-3-10-23-11-8-16(9-12-23)22-19(20-2)21-14-17-13-15-6-4-5-7-18(15)24-17;/h4-7,16-17H,3,8-14H2,1-2H3,(H2,20,21,22);1H. The summed E-state index contributed by atoms with van der Waals surface area (Å²) in [7, 11) is 1.84. The summed E-state index contributed by atoms with van der Waals surface area (Å²) >= 11 is 0. The van der Waals surface area contributed by atoms with E-state index in [1.54, 1.807) is 0 Å². The lowest BCUT2D eigenvalue weighted by Crippen LogP contribution is -2.50. The number of hydrogen-bond donors (Lipinski definition) is 2.